The van der Waals surface area contributed by atoms with Gasteiger partial charge in [0.25, 0.3) is 0 Å². The van der Waals surface area contributed by atoms with E-state index in [1.54, 1.807) is 18.2 Å². The van der Waals surface area contributed by atoms with Crippen molar-refractivity contribution >= 4 is 5.78 Å². The van der Waals surface area contributed by atoms with Crippen LogP contribution >= 0.6 is 0 Å². The lowest BCUT2D eigenvalue weighted by Gasteiger charge is -2.18. The number of hydrogen-bond donors (Lipinski definition) is 0. The Morgan fingerprint density at radius 1 is 1.28 bits per heavy atom. The van der Waals surface area contributed by atoms with Gasteiger partial charge in [-0.15, -0.1) is 0 Å². The molecule has 0 saturated carbocycles. The van der Waals surface area contributed by atoms with Gasteiger partial charge in [-0.2, -0.15) is 0 Å². The van der Waals surface area contributed by atoms with Crippen molar-refractivity contribution in [3.8, 4) is 11.5 Å². The summed E-state index contributed by atoms with van der Waals surface area (Å²) >= 11 is 0. The normalized spacial score (nSPS) is 13.1. The summed E-state index contributed by atoms with van der Waals surface area (Å²) in [5.74, 6) is 1.51. The smallest absolute Gasteiger partial charge is 0.231 e. The van der Waals surface area contributed by atoms with E-state index < -0.39 is 0 Å². The molecule has 0 fully saturated rings. The number of nitrogens with zero attached hydrogens (tertiary/aromatic N) is 1. The summed E-state index contributed by atoms with van der Waals surface area (Å²) in [6, 6.07) is 5.37. The highest BCUT2D eigenvalue weighted by Gasteiger charge is 2.17. The molecule has 0 atom stereocenters. The lowest BCUT2D eigenvalue weighted by atomic mass is 10.1. The first-order valence-electron chi connectivity index (χ1n) is 6.39. The molecule has 0 unspecified atom stereocenters. The van der Waals surface area contributed by atoms with Crippen molar-refractivity contribution in [2.75, 3.05) is 26.4 Å². The first-order chi connectivity index (χ1) is 8.74. The van der Waals surface area contributed by atoms with Crippen molar-refractivity contribution in [2.24, 2.45) is 0 Å². The Morgan fingerprint density at radius 3 is 2.78 bits per heavy atom. The average Bonchev–Trinajstić information content (AvgIpc) is 2.85. The molecule has 2 rings (SSSR count). The number of rotatable bonds is 6. The lowest BCUT2D eigenvalue weighted by Crippen LogP contribution is -2.30. The molecule has 1 aromatic carbocycles. The number of ketones is 1. The van der Waals surface area contributed by atoms with Crippen molar-refractivity contribution < 1.29 is 14.3 Å². The largest absolute Gasteiger partial charge is 0.454 e. The predicted octanol–water partition coefficient (Wildman–Crippen LogP) is 2.33. The van der Waals surface area contributed by atoms with Gasteiger partial charge in [-0.25, -0.2) is 0 Å². The molecule has 1 aromatic rings. The van der Waals surface area contributed by atoms with E-state index in [2.05, 4.69) is 18.7 Å². The Morgan fingerprint density at radius 2 is 2.06 bits per heavy atom. The van der Waals surface area contributed by atoms with Crippen LogP contribution in [0, 0.1) is 0 Å². The fourth-order valence-corrected chi connectivity index (χ4v) is 2.03. The Labute approximate surface area is 107 Å². The van der Waals surface area contributed by atoms with Crippen LogP contribution in [0.1, 0.15) is 30.6 Å². The number of carbonyl (C=O) groups excluding carboxylic acids is 1. The van der Waals surface area contributed by atoms with Gasteiger partial charge in [-0.05, 0) is 37.7 Å². The molecule has 0 radical (unpaired) electrons. The van der Waals surface area contributed by atoms with Gasteiger partial charge in [0.1, 0.15) is 0 Å². The van der Waals surface area contributed by atoms with Gasteiger partial charge in [0, 0.05) is 5.56 Å². The number of likely N-dealkylation sites (N-methyl/N-ethyl adjacent to an activating group) is 1. The molecule has 1 aliphatic rings. The molecule has 0 spiro atoms. The zero-order valence-electron chi connectivity index (χ0n) is 10.9. The van der Waals surface area contributed by atoms with Crippen molar-refractivity contribution in [2.45, 2.75) is 20.3 Å². The zero-order valence-corrected chi connectivity index (χ0v) is 10.9. The van der Waals surface area contributed by atoms with E-state index >= 15 is 0 Å². The van der Waals surface area contributed by atoms with Crippen molar-refractivity contribution in [3.63, 3.8) is 0 Å². The molecule has 4 heteroatoms. The van der Waals surface area contributed by atoms with Gasteiger partial charge in [-0.1, -0.05) is 13.8 Å². The molecule has 18 heavy (non-hydrogen) atoms. The second kappa shape index (κ2) is 5.87. The third kappa shape index (κ3) is 2.82. The second-order valence-electron chi connectivity index (χ2n) is 4.36. The third-order valence-corrected chi connectivity index (χ3v) is 3.05. The first kappa shape index (κ1) is 12.9. The maximum atomic E-state index is 12.2. The van der Waals surface area contributed by atoms with Gasteiger partial charge in [0.15, 0.2) is 17.3 Å². The van der Waals surface area contributed by atoms with Gasteiger partial charge in [-0.3, -0.25) is 9.69 Å². The predicted molar refractivity (Wildman–Crippen MR) is 69.3 cm³/mol. The minimum Gasteiger partial charge on any atom is -0.454 e. The summed E-state index contributed by atoms with van der Waals surface area (Å²) in [7, 11) is 0. The van der Waals surface area contributed by atoms with Gasteiger partial charge < -0.3 is 9.47 Å². The van der Waals surface area contributed by atoms with Crippen molar-refractivity contribution in [1.82, 2.24) is 4.90 Å². The zero-order chi connectivity index (χ0) is 13.0. The number of carbonyl (C=O) groups is 1. The molecule has 4 nitrogen and oxygen atoms in total. The topological polar surface area (TPSA) is 38.8 Å². The molecule has 0 saturated heterocycles. The monoisotopic (exact) mass is 249 g/mol. The average molecular weight is 249 g/mol. The maximum Gasteiger partial charge on any atom is 0.231 e. The van der Waals surface area contributed by atoms with Crippen LogP contribution in [0.5, 0.6) is 11.5 Å². The van der Waals surface area contributed by atoms with Crippen LogP contribution in [-0.2, 0) is 0 Å². The highest BCUT2D eigenvalue weighted by atomic mass is 16.7. The standard InChI is InChI=1S/C14H19NO3/c1-3-7-15(4-2)9-12(16)11-5-6-13-14(8-11)18-10-17-13/h5-6,8H,3-4,7,9-10H2,1-2H3. The molecule has 0 aliphatic carbocycles. The first-order valence-corrected chi connectivity index (χ1v) is 6.39. The summed E-state index contributed by atoms with van der Waals surface area (Å²) in [5, 5.41) is 0. The van der Waals surface area contributed by atoms with E-state index in [9.17, 15) is 4.79 Å². The van der Waals surface area contributed by atoms with Crippen LogP contribution in [0.3, 0.4) is 0 Å². The van der Waals surface area contributed by atoms with E-state index in [1.165, 1.54) is 0 Å². The van der Waals surface area contributed by atoms with Crippen LogP contribution in [0.25, 0.3) is 0 Å². The van der Waals surface area contributed by atoms with Gasteiger partial charge >= 0.3 is 0 Å². The maximum absolute atomic E-state index is 12.2. The fraction of sp³-hybridized carbons (Fsp3) is 0.500. The van der Waals surface area contributed by atoms with E-state index in [-0.39, 0.29) is 12.6 Å². The van der Waals surface area contributed by atoms with E-state index in [4.69, 9.17) is 9.47 Å². The summed E-state index contributed by atoms with van der Waals surface area (Å²) in [6.07, 6.45) is 1.06. The van der Waals surface area contributed by atoms with Crippen LogP contribution in [0.4, 0.5) is 0 Å². The van der Waals surface area contributed by atoms with E-state index in [0.717, 1.165) is 19.5 Å². The molecule has 98 valence electrons. The summed E-state index contributed by atoms with van der Waals surface area (Å²) in [4.78, 5) is 14.3. The summed E-state index contributed by atoms with van der Waals surface area (Å²) in [6.45, 7) is 6.74. The molecular formula is C14H19NO3. The SMILES string of the molecule is CCCN(CC)CC(=O)c1ccc2c(c1)OCO2. The molecule has 0 aromatic heterocycles. The Hall–Kier alpha value is -1.55. The molecule has 0 amide bonds. The number of ether oxygens (including phenoxy) is 2. The van der Waals surface area contributed by atoms with Gasteiger partial charge in [0.05, 0.1) is 6.54 Å². The van der Waals surface area contributed by atoms with Crippen LogP contribution < -0.4 is 9.47 Å². The van der Waals surface area contributed by atoms with Gasteiger partial charge in [0.2, 0.25) is 6.79 Å². The quantitative estimate of drug-likeness (QED) is 0.725. The number of hydrogen-bond acceptors (Lipinski definition) is 4. The number of fused-ring (bicyclic) bond motifs is 1. The summed E-state index contributed by atoms with van der Waals surface area (Å²) < 4.78 is 10.5. The van der Waals surface area contributed by atoms with Crippen LogP contribution in [-0.4, -0.2) is 37.1 Å². The molecule has 0 N–H and O–H groups in total. The lowest BCUT2D eigenvalue weighted by molar-refractivity contribution is 0.0933. The van der Waals surface area contributed by atoms with Crippen LogP contribution in [0.15, 0.2) is 18.2 Å². The minimum atomic E-state index is 0.128. The Balaban J connectivity index is 2.04. The second-order valence-corrected chi connectivity index (χ2v) is 4.36. The molecular weight excluding hydrogens is 230 g/mol. The van der Waals surface area contributed by atoms with Crippen molar-refractivity contribution in [1.29, 1.82) is 0 Å². The number of benzene rings is 1. The van der Waals surface area contributed by atoms with Crippen molar-refractivity contribution in [3.05, 3.63) is 23.8 Å². The minimum absolute atomic E-state index is 0.128. The highest BCUT2D eigenvalue weighted by molar-refractivity contribution is 5.98. The highest BCUT2D eigenvalue weighted by Crippen LogP contribution is 2.32. The fourth-order valence-electron chi connectivity index (χ4n) is 2.03. The Kier molecular flexibility index (Phi) is 4.20. The van der Waals surface area contributed by atoms with Crippen LogP contribution in [0.2, 0.25) is 0 Å². The summed E-state index contributed by atoms with van der Waals surface area (Å²) in [5.41, 5.74) is 0.689. The molecule has 1 aliphatic heterocycles. The Bertz CT molecular complexity index is 431. The third-order valence-electron chi connectivity index (χ3n) is 3.05. The van der Waals surface area contributed by atoms with E-state index in [0.29, 0.717) is 23.6 Å². The molecule has 1 heterocycles. The molecule has 0 bridgehead atoms. The van der Waals surface area contributed by atoms with E-state index in [1.807, 2.05) is 0 Å². The number of Topliss-reactive ketones (excluding diaryl/α,β-unsaturated/α-hetero) is 1.